The number of benzene rings is 2. The molecule has 0 unspecified atom stereocenters. The first-order valence-electron chi connectivity index (χ1n) is 12.7. The Morgan fingerprint density at radius 2 is 1.50 bits per heavy atom. The summed E-state index contributed by atoms with van der Waals surface area (Å²) >= 11 is 0. The Bertz CT molecular complexity index is 985. The summed E-state index contributed by atoms with van der Waals surface area (Å²) in [6, 6.07) is 18.2. The van der Waals surface area contributed by atoms with Crippen LogP contribution in [0.25, 0.3) is 11.3 Å². The van der Waals surface area contributed by atoms with E-state index in [1.165, 1.54) is 24.1 Å². The Hall–Kier alpha value is -2.76. The van der Waals surface area contributed by atoms with E-state index in [9.17, 15) is 5.11 Å². The minimum Gasteiger partial charge on any atom is -0.508 e. The maximum atomic E-state index is 9.43. The summed E-state index contributed by atoms with van der Waals surface area (Å²) in [5.41, 5.74) is 4.69. The minimum absolute atomic E-state index is 0.309. The fourth-order valence-electron chi connectivity index (χ4n) is 4.29. The van der Waals surface area contributed by atoms with Gasteiger partial charge in [-0.25, -0.2) is 9.97 Å². The molecule has 0 aliphatic carbocycles. The van der Waals surface area contributed by atoms with Crippen LogP contribution in [-0.4, -0.2) is 57.6 Å². The van der Waals surface area contributed by atoms with E-state index >= 15 is 0 Å². The zero-order valence-electron chi connectivity index (χ0n) is 21.1. The van der Waals surface area contributed by atoms with Crippen molar-refractivity contribution in [2.24, 2.45) is 0 Å². The monoisotopic (exact) mass is 460 g/mol. The number of phenolic OH excluding ortho intramolecular Hbond substituents is 1. The van der Waals surface area contributed by atoms with E-state index in [4.69, 9.17) is 4.98 Å². The van der Waals surface area contributed by atoms with E-state index in [0.717, 1.165) is 69.1 Å². The number of nitrogens with zero attached hydrogens (tertiary/aromatic N) is 4. The van der Waals surface area contributed by atoms with Crippen molar-refractivity contribution in [2.75, 3.05) is 32.7 Å². The van der Waals surface area contributed by atoms with Gasteiger partial charge in [0.1, 0.15) is 11.6 Å². The van der Waals surface area contributed by atoms with Crippen LogP contribution in [0, 0.1) is 0 Å². The molecule has 3 aromatic rings. The van der Waals surface area contributed by atoms with E-state index in [2.05, 4.69) is 59.8 Å². The van der Waals surface area contributed by atoms with Gasteiger partial charge in [0.2, 0.25) is 0 Å². The molecular formula is C29H40N4O. The van der Waals surface area contributed by atoms with Gasteiger partial charge in [-0.1, -0.05) is 51.1 Å². The number of aromatic hydroxyl groups is 1. The van der Waals surface area contributed by atoms with Gasteiger partial charge in [-0.2, -0.15) is 0 Å². The van der Waals surface area contributed by atoms with Crippen molar-refractivity contribution < 1.29 is 5.11 Å². The highest BCUT2D eigenvalue weighted by molar-refractivity contribution is 5.59. The first kappa shape index (κ1) is 25.9. The van der Waals surface area contributed by atoms with Gasteiger partial charge in [0, 0.05) is 24.7 Å². The average Bonchev–Trinajstić information content (AvgIpc) is 2.87. The molecule has 0 saturated heterocycles. The molecule has 0 aliphatic rings. The zero-order valence-corrected chi connectivity index (χ0v) is 21.1. The maximum absolute atomic E-state index is 9.43. The van der Waals surface area contributed by atoms with E-state index in [0.29, 0.717) is 5.75 Å². The lowest BCUT2D eigenvalue weighted by atomic mass is 10.1. The number of aromatic nitrogens is 2. The average molecular weight is 461 g/mol. The molecule has 0 bridgehead atoms. The second-order valence-corrected chi connectivity index (χ2v) is 8.83. The molecule has 0 fully saturated rings. The van der Waals surface area contributed by atoms with Crippen LogP contribution in [0.15, 0.2) is 60.8 Å². The van der Waals surface area contributed by atoms with Crippen molar-refractivity contribution in [3.63, 3.8) is 0 Å². The van der Waals surface area contributed by atoms with Crippen molar-refractivity contribution in [1.82, 2.24) is 19.8 Å². The van der Waals surface area contributed by atoms with Crippen LogP contribution in [0.1, 0.15) is 50.6 Å². The number of aryl methyl sites for hydroxylation is 2. The zero-order chi connectivity index (χ0) is 24.2. The highest BCUT2D eigenvalue weighted by Gasteiger charge is 2.08. The Balaban J connectivity index is 1.57. The van der Waals surface area contributed by atoms with Crippen LogP contribution in [0.4, 0.5) is 0 Å². The van der Waals surface area contributed by atoms with Gasteiger partial charge in [-0.3, -0.25) is 4.90 Å². The number of hydrogen-bond acceptors (Lipinski definition) is 5. The fourth-order valence-corrected chi connectivity index (χ4v) is 4.29. The lowest BCUT2D eigenvalue weighted by Crippen LogP contribution is -2.29. The van der Waals surface area contributed by atoms with Gasteiger partial charge in [0.15, 0.2) is 0 Å². The van der Waals surface area contributed by atoms with E-state index in [1.807, 2.05) is 24.4 Å². The van der Waals surface area contributed by atoms with Crippen molar-refractivity contribution >= 4 is 0 Å². The molecule has 5 nitrogen and oxygen atoms in total. The number of phenols is 1. The molecule has 1 N–H and O–H groups in total. The van der Waals surface area contributed by atoms with Crippen molar-refractivity contribution in [3.8, 4) is 17.0 Å². The van der Waals surface area contributed by atoms with Gasteiger partial charge in [0.25, 0.3) is 0 Å². The molecule has 2 aromatic carbocycles. The third-order valence-corrected chi connectivity index (χ3v) is 6.43. The quantitative estimate of drug-likeness (QED) is 0.340. The lowest BCUT2D eigenvalue weighted by Gasteiger charge is -2.23. The summed E-state index contributed by atoms with van der Waals surface area (Å²) in [6.45, 7) is 13.3. The lowest BCUT2D eigenvalue weighted by molar-refractivity contribution is 0.238. The Labute approximate surface area is 205 Å². The van der Waals surface area contributed by atoms with Gasteiger partial charge in [0.05, 0.1) is 5.69 Å². The van der Waals surface area contributed by atoms with Crippen molar-refractivity contribution in [2.45, 2.75) is 53.0 Å². The van der Waals surface area contributed by atoms with E-state index in [1.54, 1.807) is 12.1 Å². The molecule has 5 heteroatoms. The van der Waals surface area contributed by atoms with Gasteiger partial charge in [-0.15, -0.1) is 0 Å². The molecule has 1 aromatic heterocycles. The molecule has 3 rings (SSSR count). The Morgan fingerprint density at radius 1 is 0.765 bits per heavy atom. The molecule has 182 valence electrons. The third-order valence-electron chi connectivity index (χ3n) is 6.43. The minimum atomic E-state index is 0.309. The molecule has 0 aliphatic heterocycles. The van der Waals surface area contributed by atoms with Gasteiger partial charge >= 0.3 is 0 Å². The van der Waals surface area contributed by atoms with Crippen LogP contribution in [0.2, 0.25) is 0 Å². The van der Waals surface area contributed by atoms with Crippen LogP contribution >= 0.6 is 0 Å². The summed E-state index contributed by atoms with van der Waals surface area (Å²) in [6.07, 6.45) is 5.84. The SMILES string of the molecule is CCN(CC)CCCN(CC)Cc1cccc(-c2ccnc(CCCc3ccc(O)cc3)n2)c1. The van der Waals surface area contributed by atoms with Crippen LogP contribution in [0.3, 0.4) is 0 Å². The van der Waals surface area contributed by atoms with Gasteiger partial charge < -0.3 is 10.0 Å². The Morgan fingerprint density at radius 3 is 2.24 bits per heavy atom. The standard InChI is InChI=1S/C29H40N4O/c1-4-32(5-2)20-9-21-33(6-3)23-25-11-7-12-26(22-25)28-18-19-30-29(31-28)13-8-10-24-14-16-27(34)17-15-24/h7,11-12,14-19,22,34H,4-6,8-10,13,20-21,23H2,1-3H3. The number of hydrogen-bond donors (Lipinski definition) is 1. The summed E-state index contributed by atoms with van der Waals surface area (Å²) in [5.74, 6) is 1.19. The summed E-state index contributed by atoms with van der Waals surface area (Å²) < 4.78 is 0. The molecule has 0 spiro atoms. The molecular weight excluding hydrogens is 420 g/mol. The first-order valence-corrected chi connectivity index (χ1v) is 12.7. The van der Waals surface area contributed by atoms with E-state index < -0.39 is 0 Å². The first-order chi connectivity index (χ1) is 16.6. The summed E-state index contributed by atoms with van der Waals surface area (Å²) in [5, 5.41) is 9.43. The van der Waals surface area contributed by atoms with Crippen LogP contribution in [0.5, 0.6) is 5.75 Å². The maximum Gasteiger partial charge on any atom is 0.128 e. The molecule has 34 heavy (non-hydrogen) atoms. The highest BCUT2D eigenvalue weighted by atomic mass is 16.3. The highest BCUT2D eigenvalue weighted by Crippen LogP contribution is 2.20. The normalized spacial score (nSPS) is 11.4. The molecule has 0 amide bonds. The second kappa shape index (κ2) is 13.8. The predicted molar refractivity (Wildman–Crippen MR) is 141 cm³/mol. The topological polar surface area (TPSA) is 52.5 Å². The smallest absolute Gasteiger partial charge is 0.128 e. The van der Waals surface area contributed by atoms with Crippen LogP contribution < -0.4 is 0 Å². The molecule has 0 atom stereocenters. The second-order valence-electron chi connectivity index (χ2n) is 8.83. The Kier molecular flexibility index (Phi) is 10.5. The summed E-state index contributed by atoms with van der Waals surface area (Å²) in [4.78, 5) is 14.4. The predicted octanol–water partition coefficient (Wildman–Crippen LogP) is 5.58. The fraction of sp³-hybridized carbons (Fsp3) is 0.448. The summed E-state index contributed by atoms with van der Waals surface area (Å²) in [7, 11) is 0. The van der Waals surface area contributed by atoms with Crippen molar-refractivity contribution in [3.05, 3.63) is 77.7 Å². The van der Waals surface area contributed by atoms with Crippen LogP contribution in [-0.2, 0) is 19.4 Å². The van der Waals surface area contributed by atoms with Gasteiger partial charge in [-0.05, 0) is 87.4 Å². The third kappa shape index (κ3) is 8.23. The number of rotatable bonds is 14. The molecule has 1 heterocycles. The largest absolute Gasteiger partial charge is 0.508 e. The molecule has 0 saturated carbocycles. The van der Waals surface area contributed by atoms with E-state index in [-0.39, 0.29) is 0 Å². The van der Waals surface area contributed by atoms with Crippen molar-refractivity contribution in [1.29, 1.82) is 0 Å². The molecule has 0 radical (unpaired) electrons.